The van der Waals surface area contributed by atoms with Crippen molar-refractivity contribution in [3.63, 3.8) is 0 Å². The van der Waals surface area contributed by atoms with Crippen molar-refractivity contribution in [2.24, 2.45) is 5.92 Å². The number of likely N-dealkylation sites (tertiary alicyclic amines) is 1. The number of carbonyl (C=O) groups is 2. The molecule has 0 unspecified atom stereocenters. The van der Waals surface area contributed by atoms with Crippen LogP contribution in [0.4, 0.5) is 5.13 Å². The quantitative estimate of drug-likeness (QED) is 0.889. The molecule has 0 bridgehead atoms. The normalized spacial score (nSPS) is 25.0. The Morgan fingerprint density at radius 3 is 2.92 bits per heavy atom. The molecule has 4 rings (SSSR count). The number of nitrogens with one attached hydrogen (secondary N) is 1. The maximum Gasteiger partial charge on any atom is 0.248 e. The molecule has 2 aromatic rings. The zero-order valence-electron chi connectivity index (χ0n) is 13.5. The van der Waals surface area contributed by atoms with Crippen LogP contribution < -0.4 is 5.32 Å². The van der Waals surface area contributed by atoms with Crippen molar-refractivity contribution in [3.8, 4) is 0 Å². The van der Waals surface area contributed by atoms with E-state index in [1.807, 2.05) is 29.6 Å². The van der Waals surface area contributed by atoms with Crippen LogP contribution >= 0.6 is 22.9 Å². The number of halogens is 1. The summed E-state index contributed by atoms with van der Waals surface area (Å²) in [6.07, 6.45) is 4.01. The summed E-state index contributed by atoms with van der Waals surface area (Å²) in [5, 5.41) is 5.91. The number of hydrogen-bond donors (Lipinski definition) is 1. The van der Waals surface area contributed by atoms with Crippen molar-refractivity contribution in [3.05, 3.63) is 46.4 Å². The molecule has 7 heteroatoms. The fraction of sp³-hybridized carbons (Fsp3) is 0.389. The highest BCUT2D eigenvalue weighted by atomic mass is 35.5. The molecule has 2 heterocycles. The first-order valence-electron chi connectivity index (χ1n) is 8.40. The highest BCUT2D eigenvalue weighted by Gasteiger charge is 2.49. The molecule has 5 nitrogen and oxygen atoms in total. The van der Waals surface area contributed by atoms with Gasteiger partial charge in [-0.1, -0.05) is 29.8 Å². The number of benzene rings is 1. The van der Waals surface area contributed by atoms with Crippen LogP contribution in [0.5, 0.6) is 0 Å². The molecular formula is C18H18ClN3O2S. The van der Waals surface area contributed by atoms with Crippen molar-refractivity contribution in [1.82, 2.24) is 9.88 Å². The molecule has 1 aromatic heterocycles. The Balaban J connectivity index is 1.43. The minimum atomic E-state index is -0.399. The van der Waals surface area contributed by atoms with E-state index in [0.29, 0.717) is 23.1 Å². The van der Waals surface area contributed by atoms with Gasteiger partial charge in [-0.05, 0) is 36.8 Å². The molecule has 1 aliphatic heterocycles. The molecule has 2 aliphatic rings. The van der Waals surface area contributed by atoms with Crippen molar-refractivity contribution in [1.29, 1.82) is 0 Å². The van der Waals surface area contributed by atoms with Gasteiger partial charge in [0.1, 0.15) is 6.04 Å². The van der Waals surface area contributed by atoms with E-state index in [2.05, 4.69) is 10.3 Å². The Hall–Kier alpha value is -1.92. The van der Waals surface area contributed by atoms with Gasteiger partial charge in [-0.25, -0.2) is 4.98 Å². The lowest BCUT2D eigenvalue weighted by Gasteiger charge is -2.24. The van der Waals surface area contributed by atoms with Gasteiger partial charge in [0.25, 0.3) is 0 Å². The molecule has 1 saturated carbocycles. The molecule has 2 fully saturated rings. The Morgan fingerprint density at radius 1 is 1.32 bits per heavy atom. The fourth-order valence-corrected chi connectivity index (χ4v) is 4.39. The van der Waals surface area contributed by atoms with E-state index in [4.69, 9.17) is 11.6 Å². The van der Waals surface area contributed by atoms with E-state index in [-0.39, 0.29) is 23.7 Å². The molecule has 130 valence electrons. The molecule has 1 saturated heterocycles. The largest absolute Gasteiger partial charge is 0.330 e. The summed E-state index contributed by atoms with van der Waals surface area (Å²) in [4.78, 5) is 31.2. The summed E-state index contributed by atoms with van der Waals surface area (Å²) >= 11 is 7.63. The van der Waals surface area contributed by atoms with Gasteiger partial charge < -0.3 is 10.2 Å². The molecule has 25 heavy (non-hydrogen) atoms. The van der Waals surface area contributed by atoms with Crippen molar-refractivity contribution in [2.45, 2.75) is 31.2 Å². The first-order valence-corrected chi connectivity index (χ1v) is 9.66. The van der Waals surface area contributed by atoms with Gasteiger partial charge in [0.05, 0.1) is 0 Å². The van der Waals surface area contributed by atoms with Crippen molar-refractivity contribution < 1.29 is 9.59 Å². The number of hydrogen-bond acceptors (Lipinski definition) is 4. The fourth-order valence-electron chi connectivity index (χ4n) is 3.58. The lowest BCUT2D eigenvalue weighted by Crippen LogP contribution is -2.44. The Morgan fingerprint density at radius 2 is 2.16 bits per heavy atom. The van der Waals surface area contributed by atoms with Gasteiger partial charge in [0.15, 0.2) is 5.13 Å². The summed E-state index contributed by atoms with van der Waals surface area (Å²) in [7, 11) is 0. The number of carbonyl (C=O) groups excluding carboxylic acids is 2. The number of aromatic nitrogens is 1. The first kappa shape index (κ1) is 16.5. The van der Waals surface area contributed by atoms with Crippen LogP contribution in [0.2, 0.25) is 5.02 Å². The third-order valence-corrected chi connectivity index (χ3v) is 5.95. The summed E-state index contributed by atoms with van der Waals surface area (Å²) in [5.74, 6) is 0.0371. The third-order valence-electron chi connectivity index (χ3n) is 4.91. The van der Waals surface area contributed by atoms with Gasteiger partial charge >= 0.3 is 0 Å². The third kappa shape index (κ3) is 3.28. The molecule has 0 spiro atoms. The van der Waals surface area contributed by atoms with Gasteiger partial charge in [0, 0.05) is 29.1 Å². The molecule has 3 atom stereocenters. The second-order valence-electron chi connectivity index (χ2n) is 6.49. The van der Waals surface area contributed by atoms with E-state index in [0.717, 1.165) is 18.4 Å². The van der Waals surface area contributed by atoms with Gasteiger partial charge in [-0.15, -0.1) is 11.3 Å². The van der Waals surface area contributed by atoms with Crippen LogP contribution in [0.15, 0.2) is 35.8 Å². The predicted octanol–water partition coefficient (Wildman–Crippen LogP) is 3.53. The highest BCUT2D eigenvalue weighted by Crippen LogP contribution is 2.51. The van der Waals surface area contributed by atoms with Crippen molar-refractivity contribution >= 4 is 39.9 Å². The minimum absolute atomic E-state index is 0.0619. The monoisotopic (exact) mass is 375 g/mol. The predicted molar refractivity (Wildman–Crippen MR) is 97.8 cm³/mol. The number of amides is 2. The summed E-state index contributed by atoms with van der Waals surface area (Å²) in [6, 6.07) is 7.28. The minimum Gasteiger partial charge on any atom is -0.330 e. The summed E-state index contributed by atoms with van der Waals surface area (Å²) in [6.45, 7) is 0.639. The molecule has 2 amide bonds. The zero-order chi connectivity index (χ0) is 17.4. The maximum absolute atomic E-state index is 12.9. The van der Waals surface area contributed by atoms with Crippen LogP contribution in [0.1, 0.15) is 30.7 Å². The second kappa shape index (κ2) is 6.77. The Kier molecular flexibility index (Phi) is 4.48. The molecule has 1 N–H and O–H groups in total. The molecule has 1 aliphatic carbocycles. The van der Waals surface area contributed by atoms with E-state index >= 15 is 0 Å². The van der Waals surface area contributed by atoms with Crippen LogP contribution in [-0.4, -0.2) is 34.3 Å². The summed E-state index contributed by atoms with van der Waals surface area (Å²) < 4.78 is 0. The van der Waals surface area contributed by atoms with E-state index in [1.165, 1.54) is 11.3 Å². The molecule has 1 aromatic carbocycles. The number of thiazole rings is 1. The average Bonchev–Trinajstić information content (AvgIpc) is 2.99. The van der Waals surface area contributed by atoms with Crippen molar-refractivity contribution in [2.75, 3.05) is 11.9 Å². The standard InChI is InChI=1S/C18H18ClN3O2S/c19-14-5-2-1-4-11(14)12-10-13(12)17(24)22-8-3-6-15(22)16(23)21-18-20-7-9-25-18/h1-2,4-5,7,9,12-13,15H,3,6,8,10H2,(H,20,21,23)/t12-,13-,15-/m0/s1. The van der Waals surface area contributed by atoms with Gasteiger partial charge in [-0.3, -0.25) is 9.59 Å². The van der Waals surface area contributed by atoms with Gasteiger partial charge in [-0.2, -0.15) is 0 Å². The lowest BCUT2D eigenvalue weighted by atomic mass is 10.1. The smallest absolute Gasteiger partial charge is 0.248 e. The van der Waals surface area contributed by atoms with Crippen LogP contribution in [0.3, 0.4) is 0 Å². The van der Waals surface area contributed by atoms with Crippen LogP contribution in [0.25, 0.3) is 0 Å². The first-order chi connectivity index (χ1) is 12.1. The Bertz CT molecular complexity index is 795. The SMILES string of the molecule is O=C(Nc1nccs1)[C@@H]1CCCN1C(=O)[C@H]1C[C@H]1c1ccccc1Cl. The molecular weight excluding hydrogens is 358 g/mol. The highest BCUT2D eigenvalue weighted by molar-refractivity contribution is 7.13. The van der Waals surface area contributed by atoms with Gasteiger partial charge in [0.2, 0.25) is 11.8 Å². The van der Waals surface area contributed by atoms with Crippen LogP contribution in [0, 0.1) is 5.92 Å². The second-order valence-corrected chi connectivity index (χ2v) is 7.79. The van der Waals surface area contributed by atoms with E-state index < -0.39 is 6.04 Å². The Labute approximate surface area is 155 Å². The number of nitrogens with zero attached hydrogens (tertiary/aromatic N) is 2. The number of anilines is 1. The zero-order valence-corrected chi connectivity index (χ0v) is 15.1. The van der Waals surface area contributed by atoms with E-state index in [1.54, 1.807) is 11.1 Å². The van der Waals surface area contributed by atoms with Crippen LogP contribution in [-0.2, 0) is 9.59 Å². The molecule has 0 radical (unpaired) electrons. The van der Waals surface area contributed by atoms with E-state index in [9.17, 15) is 9.59 Å². The summed E-state index contributed by atoms with van der Waals surface area (Å²) in [5.41, 5.74) is 1.03. The number of rotatable bonds is 4. The maximum atomic E-state index is 12.9. The average molecular weight is 376 g/mol. The topological polar surface area (TPSA) is 62.3 Å². The lowest BCUT2D eigenvalue weighted by molar-refractivity contribution is -0.137.